The van der Waals surface area contributed by atoms with Crippen molar-refractivity contribution >= 4 is 27.6 Å². The van der Waals surface area contributed by atoms with Crippen LogP contribution in [0.4, 0.5) is 4.39 Å². The zero-order chi connectivity index (χ0) is 15.8. The van der Waals surface area contributed by atoms with E-state index in [4.69, 9.17) is 16.7 Å². The van der Waals surface area contributed by atoms with E-state index in [2.05, 4.69) is 4.72 Å². The molecule has 2 rings (SSSR count). The molecule has 116 valence electrons. The fourth-order valence-electron chi connectivity index (χ4n) is 2.04. The summed E-state index contributed by atoms with van der Waals surface area (Å²) in [6.07, 6.45) is 2.74. The van der Waals surface area contributed by atoms with Crippen LogP contribution in [-0.4, -0.2) is 26.0 Å². The van der Waals surface area contributed by atoms with Gasteiger partial charge < -0.3 is 5.11 Å². The predicted molar refractivity (Wildman–Crippen MR) is 75.5 cm³/mol. The molecule has 0 amide bonds. The maximum atomic E-state index is 13.6. The minimum absolute atomic E-state index is 0.0202. The minimum Gasteiger partial charge on any atom is -0.478 e. The number of hydrogen-bond donors (Lipinski definition) is 2. The smallest absolute Gasteiger partial charge is 0.337 e. The molecule has 0 unspecified atom stereocenters. The molecule has 8 heteroatoms. The molecule has 0 heterocycles. The van der Waals surface area contributed by atoms with Crippen molar-refractivity contribution in [2.75, 3.05) is 6.54 Å². The molecular weight excluding hydrogens is 321 g/mol. The van der Waals surface area contributed by atoms with Crippen molar-refractivity contribution < 1.29 is 22.7 Å². The normalized spacial score (nSPS) is 16.7. The molecule has 5 nitrogen and oxygen atoms in total. The van der Waals surface area contributed by atoms with Gasteiger partial charge in [0, 0.05) is 6.54 Å². The van der Waals surface area contributed by atoms with Crippen LogP contribution >= 0.6 is 11.6 Å². The monoisotopic (exact) mass is 335 g/mol. The number of rotatable bonds is 6. The number of sulfonamides is 1. The SMILES string of the molecule is CCC1(CNS(=O)(=O)c2cc(F)c(Cl)c(C(=O)O)c2)CC1. The number of carboxylic acids is 1. The number of carboxylic acid groups (broad SMARTS) is 1. The first-order valence-electron chi connectivity index (χ1n) is 6.43. The summed E-state index contributed by atoms with van der Waals surface area (Å²) in [5.74, 6) is -2.56. The Labute approximate surface area is 127 Å². The largest absolute Gasteiger partial charge is 0.478 e. The first-order chi connectivity index (χ1) is 9.71. The Morgan fingerprint density at radius 3 is 2.57 bits per heavy atom. The van der Waals surface area contributed by atoms with Gasteiger partial charge in [-0.2, -0.15) is 0 Å². The topological polar surface area (TPSA) is 83.5 Å². The van der Waals surface area contributed by atoms with Crippen LogP contribution in [0, 0.1) is 11.2 Å². The third kappa shape index (κ3) is 3.36. The lowest BCUT2D eigenvalue weighted by Gasteiger charge is -2.14. The highest BCUT2D eigenvalue weighted by atomic mass is 35.5. The first kappa shape index (κ1) is 16.2. The van der Waals surface area contributed by atoms with Gasteiger partial charge in [0.1, 0.15) is 5.82 Å². The molecule has 1 aromatic rings. The summed E-state index contributed by atoms with van der Waals surface area (Å²) in [5.41, 5.74) is -0.595. The lowest BCUT2D eigenvalue weighted by molar-refractivity contribution is 0.0696. The molecular formula is C13H15ClFNO4S. The maximum absolute atomic E-state index is 13.6. The molecule has 1 aliphatic carbocycles. The number of nitrogens with one attached hydrogen (secondary N) is 1. The second-order valence-electron chi connectivity index (χ2n) is 5.25. The fraction of sp³-hybridized carbons (Fsp3) is 0.462. The van der Waals surface area contributed by atoms with E-state index in [0.717, 1.165) is 31.4 Å². The number of aromatic carboxylic acids is 1. The van der Waals surface area contributed by atoms with Crippen molar-refractivity contribution in [1.29, 1.82) is 0 Å². The number of halogens is 2. The van der Waals surface area contributed by atoms with E-state index >= 15 is 0 Å². The van der Waals surface area contributed by atoms with Crippen molar-refractivity contribution in [3.05, 3.63) is 28.5 Å². The quantitative estimate of drug-likeness (QED) is 0.837. The van der Waals surface area contributed by atoms with E-state index in [1.165, 1.54) is 0 Å². The molecule has 0 bridgehead atoms. The summed E-state index contributed by atoms with van der Waals surface area (Å²) in [5, 5.41) is 8.32. The summed E-state index contributed by atoms with van der Waals surface area (Å²) in [7, 11) is -3.97. The summed E-state index contributed by atoms with van der Waals surface area (Å²) in [6, 6.07) is 1.59. The molecule has 0 atom stereocenters. The Balaban J connectivity index is 2.30. The van der Waals surface area contributed by atoms with Gasteiger partial charge in [-0.3, -0.25) is 0 Å². The van der Waals surface area contributed by atoms with Crippen molar-refractivity contribution in [2.45, 2.75) is 31.1 Å². The molecule has 0 aromatic heterocycles. The van der Waals surface area contributed by atoms with Crippen LogP contribution in [0.1, 0.15) is 36.5 Å². The molecule has 1 aromatic carbocycles. The molecule has 2 N–H and O–H groups in total. The predicted octanol–water partition coefficient (Wildman–Crippen LogP) is 2.65. The second kappa shape index (κ2) is 5.55. The lowest BCUT2D eigenvalue weighted by Crippen LogP contribution is -2.30. The van der Waals surface area contributed by atoms with Crippen molar-refractivity contribution in [2.24, 2.45) is 5.41 Å². The van der Waals surface area contributed by atoms with Gasteiger partial charge in [-0.05, 0) is 36.8 Å². The van der Waals surface area contributed by atoms with Gasteiger partial charge in [-0.1, -0.05) is 18.5 Å². The standard InChI is InChI=1S/C13H15ClFNO4S/c1-2-13(3-4-13)7-16-21(19,20)8-5-9(12(17)18)11(14)10(15)6-8/h5-6,16H,2-4,7H2,1H3,(H,17,18). The van der Waals surface area contributed by atoms with E-state index in [1.54, 1.807) is 0 Å². The molecule has 0 saturated heterocycles. The van der Waals surface area contributed by atoms with Crippen molar-refractivity contribution in [1.82, 2.24) is 4.72 Å². The van der Waals surface area contributed by atoms with Crippen LogP contribution in [0.25, 0.3) is 0 Å². The Morgan fingerprint density at radius 2 is 2.10 bits per heavy atom. The molecule has 0 radical (unpaired) electrons. The van der Waals surface area contributed by atoms with Gasteiger partial charge in [-0.15, -0.1) is 0 Å². The molecule has 0 spiro atoms. The Morgan fingerprint density at radius 1 is 1.48 bits per heavy atom. The Kier molecular flexibility index (Phi) is 4.28. The van der Waals surface area contributed by atoms with Crippen LogP contribution < -0.4 is 4.72 Å². The minimum atomic E-state index is -3.97. The highest BCUT2D eigenvalue weighted by molar-refractivity contribution is 7.89. The van der Waals surface area contributed by atoms with Crippen LogP contribution in [0.5, 0.6) is 0 Å². The average molecular weight is 336 g/mol. The highest BCUT2D eigenvalue weighted by Gasteiger charge is 2.41. The molecule has 1 aliphatic rings. The Hall–Kier alpha value is -1.18. The number of hydrogen-bond acceptors (Lipinski definition) is 3. The summed E-state index contributed by atoms with van der Waals surface area (Å²) in [6.45, 7) is 2.24. The van der Waals surface area contributed by atoms with E-state index in [0.29, 0.717) is 0 Å². The van der Waals surface area contributed by atoms with Gasteiger partial charge >= 0.3 is 5.97 Å². The van der Waals surface area contributed by atoms with Gasteiger partial charge in [-0.25, -0.2) is 22.3 Å². The van der Waals surface area contributed by atoms with Gasteiger partial charge in [0.2, 0.25) is 10.0 Å². The molecule has 0 aliphatic heterocycles. The van der Waals surface area contributed by atoms with Crippen molar-refractivity contribution in [3.63, 3.8) is 0 Å². The van der Waals surface area contributed by atoms with Gasteiger partial charge in [0.05, 0.1) is 15.5 Å². The van der Waals surface area contributed by atoms with E-state index in [-0.39, 0.29) is 12.0 Å². The second-order valence-corrected chi connectivity index (χ2v) is 7.39. The molecule has 21 heavy (non-hydrogen) atoms. The number of carbonyl (C=O) groups is 1. The summed E-state index contributed by atoms with van der Waals surface area (Å²) >= 11 is 5.52. The lowest BCUT2D eigenvalue weighted by atomic mass is 10.1. The van der Waals surface area contributed by atoms with Crippen molar-refractivity contribution in [3.8, 4) is 0 Å². The van der Waals surface area contributed by atoms with E-state index < -0.39 is 37.3 Å². The highest BCUT2D eigenvalue weighted by Crippen LogP contribution is 2.48. The van der Waals surface area contributed by atoms with E-state index in [1.807, 2.05) is 6.92 Å². The number of benzene rings is 1. The summed E-state index contributed by atoms with van der Waals surface area (Å²) in [4.78, 5) is 10.5. The maximum Gasteiger partial charge on any atom is 0.337 e. The third-order valence-electron chi connectivity index (χ3n) is 3.89. The van der Waals surface area contributed by atoms with E-state index in [9.17, 15) is 17.6 Å². The van der Waals surface area contributed by atoms with Gasteiger partial charge in [0.15, 0.2) is 0 Å². The molecule has 1 saturated carbocycles. The fourth-order valence-corrected chi connectivity index (χ4v) is 3.42. The Bertz CT molecular complexity index is 686. The average Bonchev–Trinajstić information content (AvgIpc) is 3.20. The first-order valence-corrected chi connectivity index (χ1v) is 8.29. The van der Waals surface area contributed by atoms with Crippen LogP contribution in [0.3, 0.4) is 0 Å². The third-order valence-corrected chi connectivity index (χ3v) is 5.65. The zero-order valence-electron chi connectivity index (χ0n) is 11.3. The van der Waals surface area contributed by atoms with Crippen LogP contribution in [0.15, 0.2) is 17.0 Å². The molecule has 1 fully saturated rings. The summed E-state index contributed by atoms with van der Waals surface area (Å²) < 4.78 is 40.3. The van der Waals surface area contributed by atoms with Crippen LogP contribution in [0.2, 0.25) is 5.02 Å². The van der Waals surface area contributed by atoms with Crippen LogP contribution in [-0.2, 0) is 10.0 Å². The zero-order valence-corrected chi connectivity index (χ0v) is 12.9. The van der Waals surface area contributed by atoms with Gasteiger partial charge in [0.25, 0.3) is 0 Å².